The minimum absolute atomic E-state index is 0.0868. The second-order valence-corrected chi connectivity index (χ2v) is 6.24. The predicted octanol–water partition coefficient (Wildman–Crippen LogP) is 5.08. The van der Waals surface area contributed by atoms with E-state index < -0.39 is 0 Å². The van der Waals surface area contributed by atoms with E-state index in [0.29, 0.717) is 16.3 Å². The highest BCUT2D eigenvalue weighted by Gasteiger charge is 2.16. The number of amides is 1. The molecule has 0 aliphatic carbocycles. The lowest BCUT2D eigenvalue weighted by atomic mass is 10.0. The van der Waals surface area contributed by atoms with E-state index in [1.165, 1.54) is 0 Å². The molecule has 0 saturated heterocycles. The zero-order valence-corrected chi connectivity index (χ0v) is 14.5. The summed E-state index contributed by atoms with van der Waals surface area (Å²) in [4.78, 5) is 17.4. The Balaban J connectivity index is 2.17. The molecule has 1 aromatic heterocycles. The average molecular weight is 339 g/mol. The number of halogens is 1. The fraction of sp³-hybridized carbons (Fsp3) is 0.200. The summed E-state index contributed by atoms with van der Waals surface area (Å²) >= 11 is 6.31. The van der Waals surface area contributed by atoms with Crippen molar-refractivity contribution in [2.75, 3.05) is 0 Å². The zero-order chi connectivity index (χ0) is 17.1. The van der Waals surface area contributed by atoms with Crippen molar-refractivity contribution in [3.63, 3.8) is 0 Å². The van der Waals surface area contributed by atoms with Crippen LogP contribution >= 0.6 is 11.6 Å². The number of fused-ring (bicyclic) bond motifs is 1. The van der Waals surface area contributed by atoms with Gasteiger partial charge in [0, 0.05) is 22.0 Å². The summed E-state index contributed by atoms with van der Waals surface area (Å²) in [5.41, 5.74) is 2.93. The van der Waals surface area contributed by atoms with Gasteiger partial charge >= 0.3 is 0 Å². The van der Waals surface area contributed by atoms with Gasteiger partial charge < -0.3 is 5.32 Å². The van der Waals surface area contributed by atoms with Crippen molar-refractivity contribution < 1.29 is 4.79 Å². The van der Waals surface area contributed by atoms with Crippen molar-refractivity contribution in [2.24, 2.45) is 0 Å². The van der Waals surface area contributed by atoms with Crippen LogP contribution in [0.1, 0.15) is 30.6 Å². The van der Waals surface area contributed by atoms with Gasteiger partial charge in [0.15, 0.2) is 0 Å². The second-order valence-electron chi connectivity index (χ2n) is 5.83. The number of carbonyl (C=O) groups is 1. The van der Waals surface area contributed by atoms with Crippen molar-refractivity contribution in [3.8, 4) is 11.3 Å². The number of hydrogen-bond acceptors (Lipinski definition) is 2. The van der Waals surface area contributed by atoms with Crippen LogP contribution in [-0.4, -0.2) is 16.9 Å². The lowest BCUT2D eigenvalue weighted by Crippen LogP contribution is -2.32. The van der Waals surface area contributed by atoms with E-state index in [0.717, 1.165) is 22.9 Å². The molecule has 0 radical (unpaired) electrons. The highest BCUT2D eigenvalue weighted by atomic mass is 35.5. The third kappa shape index (κ3) is 3.26. The average Bonchev–Trinajstić information content (AvgIpc) is 2.61. The molecule has 1 N–H and O–H groups in total. The first-order valence-corrected chi connectivity index (χ1v) is 8.43. The van der Waals surface area contributed by atoms with Gasteiger partial charge in [0.05, 0.1) is 16.8 Å². The van der Waals surface area contributed by atoms with Crippen LogP contribution in [0, 0.1) is 0 Å². The SMILES string of the molecule is CC[C@H](C)NC(=O)c1cc(-c2ccccc2Cl)nc2ccccc12. The Morgan fingerprint density at radius 2 is 1.88 bits per heavy atom. The van der Waals surface area contributed by atoms with Gasteiger partial charge in [-0.2, -0.15) is 0 Å². The first kappa shape index (κ1) is 16.5. The summed E-state index contributed by atoms with van der Waals surface area (Å²) in [5.74, 6) is -0.0868. The van der Waals surface area contributed by atoms with E-state index in [4.69, 9.17) is 11.6 Å². The lowest BCUT2D eigenvalue weighted by molar-refractivity contribution is 0.0941. The van der Waals surface area contributed by atoms with E-state index in [-0.39, 0.29) is 11.9 Å². The summed E-state index contributed by atoms with van der Waals surface area (Å²) in [5, 5.41) is 4.49. The van der Waals surface area contributed by atoms with Gasteiger partial charge in [-0.3, -0.25) is 4.79 Å². The first-order chi connectivity index (χ1) is 11.6. The van der Waals surface area contributed by atoms with Crippen LogP contribution in [0.4, 0.5) is 0 Å². The van der Waals surface area contributed by atoms with Gasteiger partial charge in [0.25, 0.3) is 5.91 Å². The van der Waals surface area contributed by atoms with Crippen LogP contribution in [0.2, 0.25) is 5.02 Å². The third-order valence-corrected chi connectivity index (χ3v) is 4.43. The fourth-order valence-corrected chi connectivity index (χ4v) is 2.81. The van der Waals surface area contributed by atoms with Gasteiger partial charge in [-0.1, -0.05) is 54.9 Å². The lowest BCUT2D eigenvalue weighted by Gasteiger charge is -2.14. The van der Waals surface area contributed by atoms with E-state index in [1.807, 2.05) is 68.4 Å². The normalized spacial score (nSPS) is 12.1. The molecule has 122 valence electrons. The number of rotatable bonds is 4. The largest absolute Gasteiger partial charge is 0.350 e. The van der Waals surface area contributed by atoms with Crippen LogP contribution in [0.25, 0.3) is 22.2 Å². The summed E-state index contributed by atoms with van der Waals surface area (Å²) < 4.78 is 0. The Morgan fingerprint density at radius 3 is 2.62 bits per heavy atom. The Bertz CT molecular complexity index is 892. The Morgan fingerprint density at radius 1 is 1.17 bits per heavy atom. The number of para-hydroxylation sites is 1. The van der Waals surface area contributed by atoms with Gasteiger partial charge in [-0.15, -0.1) is 0 Å². The summed E-state index contributed by atoms with van der Waals surface area (Å²) in [6, 6.07) is 17.1. The molecule has 0 fully saturated rings. The number of nitrogens with one attached hydrogen (secondary N) is 1. The standard InChI is InChI=1S/C20H19ClN2O/c1-3-13(2)22-20(24)16-12-19(15-9-4-6-10-17(15)21)23-18-11-7-5-8-14(16)18/h4-13H,3H2,1-2H3,(H,22,24)/t13-/m0/s1. The van der Waals surface area contributed by atoms with Crippen molar-refractivity contribution in [1.82, 2.24) is 10.3 Å². The summed E-state index contributed by atoms with van der Waals surface area (Å²) in [6.07, 6.45) is 0.881. The smallest absolute Gasteiger partial charge is 0.252 e. The molecular weight excluding hydrogens is 320 g/mol. The highest BCUT2D eigenvalue weighted by molar-refractivity contribution is 6.33. The van der Waals surface area contributed by atoms with Gasteiger partial charge in [0.2, 0.25) is 0 Å². The molecule has 0 spiro atoms. The van der Waals surface area contributed by atoms with Gasteiger partial charge in [-0.05, 0) is 31.5 Å². The molecular formula is C20H19ClN2O. The predicted molar refractivity (Wildman–Crippen MR) is 99.4 cm³/mol. The molecule has 2 aromatic carbocycles. The minimum Gasteiger partial charge on any atom is -0.350 e. The molecule has 3 nitrogen and oxygen atoms in total. The molecule has 1 heterocycles. The molecule has 0 aliphatic heterocycles. The quantitative estimate of drug-likeness (QED) is 0.720. The van der Waals surface area contributed by atoms with Crippen LogP contribution in [0.5, 0.6) is 0 Å². The van der Waals surface area contributed by atoms with Crippen LogP contribution in [0.15, 0.2) is 54.6 Å². The van der Waals surface area contributed by atoms with Gasteiger partial charge in [0.1, 0.15) is 0 Å². The highest BCUT2D eigenvalue weighted by Crippen LogP contribution is 2.29. The monoisotopic (exact) mass is 338 g/mol. The molecule has 1 amide bonds. The number of hydrogen-bond donors (Lipinski definition) is 1. The Labute approximate surface area is 146 Å². The molecule has 3 rings (SSSR count). The molecule has 3 aromatic rings. The summed E-state index contributed by atoms with van der Waals surface area (Å²) in [7, 11) is 0. The van der Waals surface area contributed by atoms with Crippen molar-refractivity contribution in [2.45, 2.75) is 26.3 Å². The Kier molecular flexibility index (Phi) is 4.81. The molecule has 0 unspecified atom stereocenters. The van der Waals surface area contributed by atoms with E-state index in [2.05, 4.69) is 10.3 Å². The maximum absolute atomic E-state index is 12.7. The van der Waals surface area contributed by atoms with Crippen molar-refractivity contribution in [1.29, 1.82) is 0 Å². The van der Waals surface area contributed by atoms with Crippen molar-refractivity contribution in [3.05, 3.63) is 65.2 Å². The molecule has 1 atom stereocenters. The molecule has 0 aliphatic rings. The maximum atomic E-state index is 12.7. The third-order valence-electron chi connectivity index (χ3n) is 4.10. The van der Waals surface area contributed by atoms with Crippen LogP contribution in [0.3, 0.4) is 0 Å². The molecule has 0 saturated carbocycles. The second kappa shape index (κ2) is 7.02. The van der Waals surface area contributed by atoms with Gasteiger partial charge in [-0.25, -0.2) is 4.98 Å². The van der Waals surface area contributed by atoms with E-state index in [1.54, 1.807) is 0 Å². The number of pyridine rings is 1. The zero-order valence-electron chi connectivity index (χ0n) is 13.7. The number of nitrogens with zero attached hydrogens (tertiary/aromatic N) is 1. The Hall–Kier alpha value is -2.39. The molecule has 4 heteroatoms. The maximum Gasteiger partial charge on any atom is 0.252 e. The number of aromatic nitrogens is 1. The molecule has 0 bridgehead atoms. The summed E-state index contributed by atoms with van der Waals surface area (Å²) in [6.45, 7) is 4.04. The van der Waals surface area contributed by atoms with Crippen LogP contribution in [-0.2, 0) is 0 Å². The topological polar surface area (TPSA) is 42.0 Å². The van der Waals surface area contributed by atoms with E-state index >= 15 is 0 Å². The number of benzene rings is 2. The van der Waals surface area contributed by atoms with Crippen molar-refractivity contribution >= 4 is 28.4 Å². The van der Waals surface area contributed by atoms with Crippen LogP contribution < -0.4 is 5.32 Å². The van der Waals surface area contributed by atoms with E-state index in [9.17, 15) is 4.79 Å². The fourth-order valence-electron chi connectivity index (χ4n) is 2.57. The number of carbonyl (C=O) groups excluding carboxylic acids is 1. The molecule has 24 heavy (non-hydrogen) atoms. The first-order valence-electron chi connectivity index (χ1n) is 8.05. The minimum atomic E-state index is -0.0868.